The van der Waals surface area contributed by atoms with Gasteiger partial charge in [0.15, 0.2) is 5.82 Å². The average Bonchev–Trinajstić information content (AvgIpc) is 3.20. The lowest BCUT2D eigenvalue weighted by Gasteiger charge is -2.28. The molecule has 0 aliphatic heterocycles. The first-order chi connectivity index (χ1) is 14.1. The smallest absolute Gasteiger partial charge is 0.178 e. The van der Waals surface area contributed by atoms with Crippen molar-refractivity contribution in [3.63, 3.8) is 0 Å². The first-order valence-corrected chi connectivity index (χ1v) is 9.51. The van der Waals surface area contributed by atoms with Crippen LogP contribution in [-0.4, -0.2) is 37.3 Å². The van der Waals surface area contributed by atoms with Crippen LogP contribution in [0.3, 0.4) is 0 Å². The van der Waals surface area contributed by atoms with Crippen LogP contribution < -0.4 is 0 Å². The lowest BCUT2D eigenvalue weighted by molar-refractivity contribution is 0.258. The number of nitrogens with zero attached hydrogens (tertiary/aromatic N) is 5. The first kappa shape index (κ1) is 18.8. The average molecular weight is 385 g/mol. The van der Waals surface area contributed by atoms with E-state index in [2.05, 4.69) is 52.6 Å². The third-order valence-electron chi connectivity index (χ3n) is 5.01. The van der Waals surface area contributed by atoms with Gasteiger partial charge in [0.2, 0.25) is 0 Å². The van der Waals surface area contributed by atoms with Crippen LogP contribution >= 0.6 is 0 Å². The number of hydrogen-bond donors (Lipinski definition) is 1. The van der Waals surface area contributed by atoms with Crippen LogP contribution in [0.2, 0.25) is 0 Å². The zero-order chi connectivity index (χ0) is 20.2. The molecule has 6 heteroatoms. The van der Waals surface area contributed by atoms with Crippen LogP contribution in [0.15, 0.2) is 78.9 Å². The highest BCUT2D eigenvalue weighted by Crippen LogP contribution is 2.29. The Morgan fingerprint density at radius 1 is 0.931 bits per heavy atom. The molecule has 1 N–H and O–H groups in total. The van der Waals surface area contributed by atoms with Gasteiger partial charge in [-0.25, -0.2) is 0 Å². The van der Waals surface area contributed by atoms with Crippen LogP contribution in [-0.2, 0) is 6.54 Å². The van der Waals surface area contributed by atoms with Crippen LogP contribution in [0.1, 0.15) is 28.6 Å². The number of hydrogen-bond acceptors (Lipinski definition) is 5. The van der Waals surface area contributed by atoms with Crippen molar-refractivity contribution >= 4 is 0 Å². The lowest BCUT2D eigenvalue weighted by Crippen LogP contribution is -2.28. The Bertz CT molecular complexity index is 1080. The van der Waals surface area contributed by atoms with Crippen molar-refractivity contribution < 1.29 is 5.11 Å². The number of aromatic hydroxyl groups is 1. The van der Waals surface area contributed by atoms with Gasteiger partial charge in [-0.1, -0.05) is 60.7 Å². The molecule has 0 spiro atoms. The van der Waals surface area contributed by atoms with Crippen molar-refractivity contribution in [1.29, 1.82) is 0 Å². The Labute approximate surface area is 170 Å². The maximum atomic E-state index is 9.57. The Balaban J connectivity index is 1.76. The minimum Gasteiger partial charge on any atom is -0.508 e. The first-order valence-electron chi connectivity index (χ1n) is 9.51. The molecule has 4 rings (SSSR count). The van der Waals surface area contributed by atoms with Crippen molar-refractivity contribution in [2.75, 3.05) is 7.05 Å². The molecule has 1 atom stereocenters. The largest absolute Gasteiger partial charge is 0.508 e. The summed E-state index contributed by atoms with van der Waals surface area (Å²) < 4.78 is 1.82. The van der Waals surface area contributed by atoms with Gasteiger partial charge in [0.25, 0.3) is 0 Å². The number of tetrazole rings is 1. The Kier molecular flexibility index (Phi) is 5.35. The molecule has 0 fully saturated rings. The number of para-hydroxylation sites is 1. The molecule has 0 saturated carbocycles. The van der Waals surface area contributed by atoms with E-state index in [-0.39, 0.29) is 11.8 Å². The van der Waals surface area contributed by atoms with E-state index in [0.717, 1.165) is 28.2 Å². The molecule has 0 amide bonds. The van der Waals surface area contributed by atoms with Crippen LogP contribution in [0.25, 0.3) is 5.69 Å². The van der Waals surface area contributed by atoms with Crippen molar-refractivity contribution in [1.82, 2.24) is 25.1 Å². The molecule has 146 valence electrons. The summed E-state index contributed by atoms with van der Waals surface area (Å²) in [5, 5.41) is 22.3. The zero-order valence-corrected chi connectivity index (χ0v) is 16.5. The highest BCUT2D eigenvalue weighted by atomic mass is 16.3. The van der Waals surface area contributed by atoms with Crippen molar-refractivity contribution in [3.8, 4) is 11.4 Å². The van der Waals surface area contributed by atoms with Crippen LogP contribution in [0, 0.1) is 6.92 Å². The van der Waals surface area contributed by atoms with Gasteiger partial charge < -0.3 is 5.11 Å². The van der Waals surface area contributed by atoms with Gasteiger partial charge in [-0.05, 0) is 59.3 Å². The number of aryl methyl sites for hydroxylation is 1. The molecular weight excluding hydrogens is 362 g/mol. The summed E-state index contributed by atoms with van der Waals surface area (Å²) in [6, 6.07) is 25.5. The molecule has 29 heavy (non-hydrogen) atoms. The number of phenols is 1. The standard InChI is InChI=1S/C23H23N5O/c1-17-8-6-7-11-21(17)28-23(24-25-26-28)22(19-9-4-3-5-10-19)27(2)16-18-12-14-20(29)15-13-18/h3-15,22,29H,16H2,1-2H3. The Morgan fingerprint density at radius 3 is 2.34 bits per heavy atom. The fourth-order valence-electron chi connectivity index (χ4n) is 3.55. The van der Waals surface area contributed by atoms with E-state index in [0.29, 0.717) is 6.54 Å². The van der Waals surface area contributed by atoms with Gasteiger partial charge >= 0.3 is 0 Å². The summed E-state index contributed by atoms with van der Waals surface area (Å²) in [5.74, 6) is 1.02. The summed E-state index contributed by atoms with van der Waals surface area (Å²) in [6.45, 7) is 2.74. The van der Waals surface area contributed by atoms with E-state index in [1.165, 1.54) is 0 Å². The van der Waals surface area contributed by atoms with Crippen LogP contribution in [0.4, 0.5) is 0 Å². The van der Waals surface area contributed by atoms with Gasteiger partial charge in [0.05, 0.1) is 11.7 Å². The van der Waals surface area contributed by atoms with Gasteiger partial charge in [0.1, 0.15) is 5.75 Å². The molecule has 0 aliphatic rings. The number of phenolic OH excluding ortho intramolecular Hbond substituents is 1. The molecule has 1 heterocycles. The van der Waals surface area contributed by atoms with E-state index >= 15 is 0 Å². The summed E-state index contributed by atoms with van der Waals surface area (Å²) in [5.41, 5.74) is 4.28. The second-order valence-corrected chi connectivity index (χ2v) is 7.13. The van der Waals surface area contributed by atoms with Crippen molar-refractivity contribution in [2.45, 2.75) is 19.5 Å². The van der Waals surface area contributed by atoms with Crippen LogP contribution in [0.5, 0.6) is 5.75 Å². The summed E-state index contributed by atoms with van der Waals surface area (Å²) >= 11 is 0. The van der Waals surface area contributed by atoms with Gasteiger partial charge in [-0.3, -0.25) is 4.90 Å². The molecule has 1 aromatic heterocycles. The molecule has 4 aromatic rings. The van der Waals surface area contributed by atoms with Crippen molar-refractivity contribution in [3.05, 3.63) is 101 Å². The highest BCUT2D eigenvalue weighted by molar-refractivity contribution is 5.40. The van der Waals surface area contributed by atoms with E-state index in [1.54, 1.807) is 12.1 Å². The minimum atomic E-state index is -0.139. The van der Waals surface area contributed by atoms with E-state index in [4.69, 9.17) is 0 Å². The molecule has 0 saturated heterocycles. The van der Waals surface area contributed by atoms with Gasteiger partial charge in [-0.2, -0.15) is 4.68 Å². The Hall–Kier alpha value is -3.51. The molecule has 0 bridgehead atoms. The third-order valence-corrected chi connectivity index (χ3v) is 5.01. The van der Waals surface area contributed by atoms with E-state index in [9.17, 15) is 5.11 Å². The molecular formula is C23H23N5O. The fraction of sp³-hybridized carbons (Fsp3) is 0.174. The molecule has 0 aliphatic carbocycles. The number of rotatable bonds is 6. The second-order valence-electron chi connectivity index (χ2n) is 7.13. The monoisotopic (exact) mass is 385 g/mol. The summed E-state index contributed by atoms with van der Waals surface area (Å²) in [6.07, 6.45) is 0. The SMILES string of the molecule is Cc1ccccc1-n1nnnc1C(c1ccccc1)N(C)Cc1ccc(O)cc1. The topological polar surface area (TPSA) is 67.1 Å². The second kappa shape index (κ2) is 8.24. The predicted octanol–water partition coefficient (Wildman–Crippen LogP) is 3.90. The summed E-state index contributed by atoms with van der Waals surface area (Å²) in [7, 11) is 2.06. The van der Waals surface area contributed by atoms with Gasteiger partial charge in [0, 0.05) is 6.54 Å². The maximum absolute atomic E-state index is 9.57. The summed E-state index contributed by atoms with van der Waals surface area (Å²) in [4.78, 5) is 2.21. The minimum absolute atomic E-state index is 0.139. The number of benzene rings is 3. The highest BCUT2D eigenvalue weighted by Gasteiger charge is 2.26. The Morgan fingerprint density at radius 2 is 1.62 bits per heavy atom. The van der Waals surface area contributed by atoms with Gasteiger partial charge in [-0.15, -0.1) is 5.10 Å². The third kappa shape index (κ3) is 4.02. The number of aromatic nitrogens is 4. The normalized spacial score (nSPS) is 12.2. The predicted molar refractivity (Wildman–Crippen MR) is 112 cm³/mol. The molecule has 6 nitrogen and oxygen atoms in total. The quantitative estimate of drug-likeness (QED) is 0.545. The lowest BCUT2D eigenvalue weighted by atomic mass is 10.0. The fourth-order valence-corrected chi connectivity index (χ4v) is 3.55. The van der Waals surface area contributed by atoms with Crippen molar-refractivity contribution in [2.24, 2.45) is 0 Å². The van der Waals surface area contributed by atoms with E-state index < -0.39 is 0 Å². The molecule has 1 unspecified atom stereocenters. The van der Waals surface area contributed by atoms with E-state index in [1.807, 2.05) is 53.2 Å². The molecule has 3 aromatic carbocycles. The zero-order valence-electron chi connectivity index (χ0n) is 16.5. The molecule has 0 radical (unpaired) electrons. The maximum Gasteiger partial charge on any atom is 0.178 e.